The lowest BCUT2D eigenvalue weighted by Gasteiger charge is -2.32. The topological polar surface area (TPSA) is 164 Å². The van der Waals surface area contributed by atoms with E-state index in [4.69, 9.17) is 20.6 Å². The highest BCUT2D eigenvalue weighted by Gasteiger charge is 2.38. The lowest BCUT2D eigenvalue weighted by atomic mass is 9.97. The fraction of sp³-hybridized carbons (Fsp3) is 0.237. The molecule has 0 unspecified atom stereocenters. The second kappa shape index (κ2) is 14.8. The van der Waals surface area contributed by atoms with Crippen molar-refractivity contribution in [2.75, 3.05) is 18.8 Å². The van der Waals surface area contributed by atoms with Crippen LogP contribution in [0.3, 0.4) is 0 Å². The molecule has 0 saturated carbocycles. The van der Waals surface area contributed by atoms with Crippen LogP contribution in [-0.4, -0.2) is 69.5 Å². The van der Waals surface area contributed by atoms with Gasteiger partial charge in [-0.2, -0.15) is 18.3 Å². The van der Waals surface area contributed by atoms with Crippen molar-refractivity contribution in [3.63, 3.8) is 0 Å². The Morgan fingerprint density at radius 1 is 0.962 bits per heavy atom. The van der Waals surface area contributed by atoms with Gasteiger partial charge in [0.1, 0.15) is 0 Å². The minimum Gasteiger partial charge on any atom is -0.475 e. The zero-order valence-corrected chi connectivity index (χ0v) is 28.4. The quantitative estimate of drug-likeness (QED) is 0.139. The number of hydrogen-bond acceptors (Lipinski definition) is 7. The second-order valence-corrected chi connectivity index (χ2v) is 12.9. The van der Waals surface area contributed by atoms with E-state index in [0.29, 0.717) is 12.4 Å². The van der Waals surface area contributed by atoms with Gasteiger partial charge in [-0.1, -0.05) is 66.7 Å². The minimum atomic E-state index is -5.08. The van der Waals surface area contributed by atoms with Gasteiger partial charge in [-0.3, -0.25) is 9.47 Å². The normalized spacial score (nSPS) is 14.0. The minimum absolute atomic E-state index is 0.0135. The monoisotopic (exact) mass is 723 g/mol. The first-order valence-corrected chi connectivity index (χ1v) is 17.1. The third-order valence-corrected chi connectivity index (χ3v) is 9.41. The van der Waals surface area contributed by atoms with E-state index in [1.165, 1.54) is 5.56 Å². The first kappa shape index (κ1) is 35.2. The van der Waals surface area contributed by atoms with E-state index >= 15 is 0 Å². The Labute approximate surface area is 300 Å². The number of imidazole rings is 2. The maximum Gasteiger partial charge on any atom is 0.490 e. The number of para-hydroxylation sites is 2. The molecule has 0 aliphatic carbocycles. The lowest BCUT2D eigenvalue weighted by molar-refractivity contribution is -0.192. The summed E-state index contributed by atoms with van der Waals surface area (Å²) in [4.78, 5) is 39.6. The van der Waals surface area contributed by atoms with E-state index in [0.717, 1.165) is 89.0 Å². The van der Waals surface area contributed by atoms with Gasteiger partial charge in [0, 0.05) is 61.7 Å². The molecule has 272 valence electrons. The Morgan fingerprint density at radius 2 is 1.66 bits per heavy atom. The van der Waals surface area contributed by atoms with Gasteiger partial charge in [0.2, 0.25) is 0 Å². The molecule has 8 rings (SSSR count). The largest absolute Gasteiger partial charge is 0.490 e. The highest BCUT2D eigenvalue weighted by Crippen LogP contribution is 2.35. The average molecular weight is 724 g/mol. The van der Waals surface area contributed by atoms with Crippen LogP contribution in [0.4, 0.5) is 19.0 Å². The van der Waals surface area contributed by atoms with Crippen LogP contribution >= 0.6 is 0 Å². The van der Waals surface area contributed by atoms with Crippen LogP contribution < -0.4 is 11.4 Å². The second-order valence-electron chi connectivity index (χ2n) is 12.9. The number of likely N-dealkylation sites (tertiary alicyclic amines) is 1. The molecule has 0 spiro atoms. The Kier molecular flexibility index (Phi) is 9.82. The van der Waals surface area contributed by atoms with Gasteiger partial charge in [0.05, 0.1) is 28.4 Å². The summed E-state index contributed by atoms with van der Waals surface area (Å²) in [6, 6.07) is 29.4. The molecule has 1 aliphatic rings. The van der Waals surface area contributed by atoms with Crippen molar-refractivity contribution in [3.8, 4) is 22.4 Å². The number of aryl methyl sites for hydroxylation is 2. The first-order valence-electron chi connectivity index (χ1n) is 17.1. The highest BCUT2D eigenvalue weighted by molar-refractivity contribution is 5.95. The molecule has 0 atom stereocenters. The van der Waals surface area contributed by atoms with Crippen LogP contribution in [0.5, 0.6) is 0 Å². The molecule has 0 bridgehead atoms. The lowest BCUT2D eigenvalue weighted by Crippen LogP contribution is -2.36. The SMILES string of the molecule is Nc1nn(CCc2cnc[nH]2)c2nc(-c3ccc(CN4CCC(n5c(=O)[nH]c6ccccc65)CC4)cc3)c(-c3ccccc3)cc12.O=C(O)C(F)(F)F. The molecule has 15 heteroatoms. The van der Waals surface area contributed by atoms with Gasteiger partial charge in [-0.15, -0.1) is 0 Å². The first-order chi connectivity index (χ1) is 25.5. The number of piperidine rings is 1. The molecule has 1 saturated heterocycles. The number of fused-ring (bicyclic) bond motifs is 2. The zero-order chi connectivity index (χ0) is 37.1. The van der Waals surface area contributed by atoms with Gasteiger partial charge >= 0.3 is 17.8 Å². The number of benzene rings is 3. The highest BCUT2D eigenvalue weighted by atomic mass is 19.4. The third-order valence-electron chi connectivity index (χ3n) is 9.41. The third kappa shape index (κ3) is 7.70. The summed E-state index contributed by atoms with van der Waals surface area (Å²) in [5.74, 6) is -2.28. The Hall–Kier alpha value is -6.22. The smallest absolute Gasteiger partial charge is 0.475 e. The fourth-order valence-corrected chi connectivity index (χ4v) is 6.78. The van der Waals surface area contributed by atoms with Crippen molar-refractivity contribution in [2.45, 2.75) is 44.6 Å². The number of pyridine rings is 1. The number of carbonyl (C=O) groups is 1. The number of aromatic amines is 2. The number of aromatic nitrogens is 7. The molecule has 12 nitrogen and oxygen atoms in total. The van der Waals surface area contributed by atoms with Gasteiger partial charge < -0.3 is 20.8 Å². The van der Waals surface area contributed by atoms with Gasteiger partial charge in [-0.05, 0) is 42.2 Å². The van der Waals surface area contributed by atoms with Crippen molar-refractivity contribution in [2.24, 2.45) is 0 Å². The van der Waals surface area contributed by atoms with Crippen LogP contribution in [0.2, 0.25) is 0 Å². The van der Waals surface area contributed by atoms with Gasteiger partial charge in [-0.25, -0.2) is 24.2 Å². The summed E-state index contributed by atoms with van der Waals surface area (Å²) in [6.07, 6.45) is 1.07. The van der Waals surface area contributed by atoms with E-state index < -0.39 is 12.1 Å². The molecule has 0 radical (unpaired) electrons. The van der Waals surface area contributed by atoms with E-state index in [9.17, 15) is 18.0 Å². The summed E-state index contributed by atoms with van der Waals surface area (Å²) in [7, 11) is 0. The molecular weight excluding hydrogens is 687 g/mol. The van der Waals surface area contributed by atoms with E-state index in [1.54, 1.807) is 6.33 Å². The summed E-state index contributed by atoms with van der Waals surface area (Å²) in [6.45, 7) is 3.39. The Balaban J connectivity index is 0.000000568. The van der Waals surface area contributed by atoms with Gasteiger partial charge in [0.15, 0.2) is 11.5 Å². The number of carboxylic acid groups (broad SMARTS) is 1. The fourth-order valence-electron chi connectivity index (χ4n) is 6.78. The number of nitrogen functional groups attached to an aromatic ring is 1. The van der Waals surface area contributed by atoms with Crippen LogP contribution in [-0.2, 0) is 24.3 Å². The Bertz CT molecular complexity index is 2390. The molecule has 5 N–H and O–H groups in total. The number of nitrogens with two attached hydrogens (primary N) is 1. The van der Waals surface area contributed by atoms with E-state index in [2.05, 4.69) is 67.4 Å². The Morgan fingerprint density at radius 3 is 2.34 bits per heavy atom. The number of nitrogens with one attached hydrogen (secondary N) is 2. The van der Waals surface area contributed by atoms with E-state index in [1.807, 2.05) is 57.9 Å². The van der Waals surface area contributed by atoms with Crippen LogP contribution in [0.15, 0.2) is 102 Å². The number of hydrogen-bond donors (Lipinski definition) is 4. The summed E-state index contributed by atoms with van der Waals surface area (Å²) in [5.41, 5.74) is 15.4. The number of H-pyrrole nitrogens is 2. The predicted molar refractivity (Wildman–Crippen MR) is 195 cm³/mol. The number of rotatable bonds is 8. The number of anilines is 1. The zero-order valence-electron chi connectivity index (χ0n) is 28.4. The number of aliphatic carboxylic acids is 1. The van der Waals surface area contributed by atoms with Crippen LogP contribution in [0.25, 0.3) is 44.5 Å². The number of alkyl halides is 3. The van der Waals surface area contributed by atoms with E-state index in [-0.39, 0.29) is 11.7 Å². The predicted octanol–water partition coefficient (Wildman–Crippen LogP) is 6.43. The molecule has 3 aromatic carbocycles. The summed E-state index contributed by atoms with van der Waals surface area (Å²) < 4.78 is 35.6. The summed E-state index contributed by atoms with van der Waals surface area (Å²) in [5, 5.41) is 12.6. The maximum absolute atomic E-state index is 12.7. The standard InChI is InChI=1S/C36H35N9O.C2HF3O2/c37-34-30-20-29(25-6-2-1-3-7-25)33(41-35(30)44(42-34)19-14-27-21-38-23-39-27)26-12-10-24(11-13-26)22-43-17-15-28(16-18-43)45-32-9-5-4-8-31(32)40-36(45)46;3-2(4,5)1(6)7/h1-13,20-21,23,28H,14-19,22H2,(H2,37,42)(H,38,39)(H,40,46);(H,6,7). The van der Waals surface area contributed by atoms with Crippen molar-refractivity contribution < 1.29 is 23.1 Å². The molecule has 1 aliphatic heterocycles. The molecule has 7 aromatic rings. The summed E-state index contributed by atoms with van der Waals surface area (Å²) >= 11 is 0. The van der Waals surface area contributed by atoms with Crippen molar-refractivity contribution in [1.82, 2.24) is 39.2 Å². The number of carboxylic acids is 1. The van der Waals surface area contributed by atoms with Crippen LogP contribution in [0.1, 0.15) is 30.1 Å². The molecule has 5 heterocycles. The molecular formula is C38H36F3N9O3. The van der Waals surface area contributed by atoms with Gasteiger partial charge in [0.25, 0.3) is 0 Å². The van der Waals surface area contributed by atoms with Crippen molar-refractivity contribution in [3.05, 3.63) is 119 Å². The van der Waals surface area contributed by atoms with Crippen molar-refractivity contribution >= 4 is 33.9 Å². The molecule has 0 amide bonds. The van der Waals surface area contributed by atoms with Crippen LogP contribution in [0, 0.1) is 0 Å². The molecule has 4 aromatic heterocycles. The average Bonchev–Trinajstić information content (AvgIpc) is 3.88. The molecule has 53 heavy (non-hydrogen) atoms. The number of nitrogens with zero attached hydrogens (tertiary/aromatic N) is 6. The number of halogens is 3. The van der Waals surface area contributed by atoms with Crippen molar-refractivity contribution in [1.29, 1.82) is 0 Å². The molecule has 1 fully saturated rings. The maximum atomic E-state index is 12.7.